The number of anilines is 2. The molecule has 1 aromatic carbocycles. The topological polar surface area (TPSA) is 93.8 Å². The van der Waals surface area contributed by atoms with Crippen LogP contribution >= 0.6 is 0 Å². The summed E-state index contributed by atoms with van der Waals surface area (Å²) in [7, 11) is 1.58. The van der Waals surface area contributed by atoms with Crippen LogP contribution in [0.25, 0.3) is 0 Å². The van der Waals surface area contributed by atoms with Gasteiger partial charge in [0.2, 0.25) is 0 Å². The summed E-state index contributed by atoms with van der Waals surface area (Å²) < 4.78 is 23.5. The van der Waals surface area contributed by atoms with E-state index in [1.807, 2.05) is 0 Å². The number of carboxylic acid groups (broad SMARTS) is 1. The lowest BCUT2D eigenvalue weighted by Gasteiger charge is -2.11. The standard InChI is InChI=1S/C12H17FN2O4/c1-18-4-5-19-3-2-15-11-7-9(13)8(12(16)17)6-10(11)14/h6-7,15H,2-5,14H2,1H3,(H,16,17). The molecule has 0 radical (unpaired) electrons. The molecule has 7 heteroatoms. The van der Waals surface area contributed by atoms with Crippen molar-refractivity contribution in [2.45, 2.75) is 0 Å². The summed E-state index contributed by atoms with van der Waals surface area (Å²) in [5, 5.41) is 11.6. The van der Waals surface area contributed by atoms with E-state index in [4.69, 9.17) is 20.3 Å². The fraction of sp³-hybridized carbons (Fsp3) is 0.417. The van der Waals surface area contributed by atoms with Crippen LogP contribution in [0, 0.1) is 5.82 Å². The second-order valence-corrected chi connectivity index (χ2v) is 3.76. The molecule has 0 saturated heterocycles. The number of carbonyl (C=O) groups is 1. The number of nitrogens with two attached hydrogens (primary N) is 1. The highest BCUT2D eigenvalue weighted by Gasteiger charge is 2.13. The van der Waals surface area contributed by atoms with Crippen molar-refractivity contribution < 1.29 is 23.8 Å². The van der Waals surface area contributed by atoms with Gasteiger partial charge in [-0.2, -0.15) is 0 Å². The van der Waals surface area contributed by atoms with Crippen molar-refractivity contribution >= 4 is 17.3 Å². The Kier molecular flexibility index (Phi) is 6.04. The molecule has 0 aliphatic heterocycles. The molecule has 4 N–H and O–H groups in total. The first kappa shape index (κ1) is 15.2. The highest BCUT2D eigenvalue weighted by atomic mass is 19.1. The zero-order valence-electron chi connectivity index (χ0n) is 10.6. The van der Waals surface area contributed by atoms with Crippen LogP contribution in [-0.4, -0.2) is 44.6 Å². The first-order valence-corrected chi connectivity index (χ1v) is 5.69. The molecule has 6 nitrogen and oxygen atoms in total. The molecule has 0 saturated carbocycles. The third-order valence-corrected chi connectivity index (χ3v) is 2.36. The van der Waals surface area contributed by atoms with Crippen molar-refractivity contribution in [1.82, 2.24) is 0 Å². The average Bonchev–Trinajstić information content (AvgIpc) is 2.36. The van der Waals surface area contributed by atoms with Gasteiger partial charge in [-0.25, -0.2) is 9.18 Å². The summed E-state index contributed by atoms with van der Waals surface area (Å²) in [6, 6.07) is 2.15. The Morgan fingerprint density at radius 1 is 1.42 bits per heavy atom. The lowest BCUT2D eigenvalue weighted by atomic mass is 10.1. The zero-order chi connectivity index (χ0) is 14.3. The number of nitrogen functional groups attached to an aromatic ring is 1. The van der Waals surface area contributed by atoms with E-state index in [2.05, 4.69) is 5.32 Å². The van der Waals surface area contributed by atoms with Gasteiger partial charge >= 0.3 is 5.97 Å². The average molecular weight is 272 g/mol. The summed E-state index contributed by atoms with van der Waals surface area (Å²) in [5.74, 6) is -2.18. The fourth-order valence-corrected chi connectivity index (χ4v) is 1.41. The smallest absolute Gasteiger partial charge is 0.338 e. The van der Waals surface area contributed by atoms with Crippen LogP contribution < -0.4 is 11.1 Å². The van der Waals surface area contributed by atoms with Crippen molar-refractivity contribution in [3.8, 4) is 0 Å². The van der Waals surface area contributed by atoms with Gasteiger partial charge in [0.05, 0.1) is 36.8 Å². The van der Waals surface area contributed by atoms with Gasteiger partial charge in [-0.05, 0) is 12.1 Å². The predicted molar refractivity (Wildman–Crippen MR) is 69.0 cm³/mol. The van der Waals surface area contributed by atoms with Crippen LogP contribution in [-0.2, 0) is 9.47 Å². The summed E-state index contributed by atoms with van der Waals surface area (Å²) in [4.78, 5) is 10.7. The maximum Gasteiger partial charge on any atom is 0.338 e. The molecule has 106 valence electrons. The third kappa shape index (κ3) is 4.72. The molecule has 0 unspecified atom stereocenters. The minimum absolute atomic E-state index is 0.177. The van der Waals surface area contributed by atoms with E-state index >= 15 is 0 Å². The fourth-order valence-electron chi connectivity index (χ4n) is 1.41. The number of ether oxygens (including phenoxy) is 2. The lowest BCUT2D eigenvalue weighted by molar-refractivity contribution is 0.0692. The normalized spacial score (nSPS) is 10.4. The molecule has 0 fully saturated rings. The van der Waals surface area contributed by atoms with E-state index in [1.54, 1.807) is 7.11 Å². The minimum Gasteiger partial charge on any atom is -0.478 e. The number of rotatable bonds is 8. The van der Waals surface area contributed by atoms with E-state index in [0.29, 0.717) is 32.1 Å². The highest BCUT2D eigenvalue weighted by Crippen LogP contribution is 2.22. The summed E-state index contributed by atoms with van der Waals surface area (Å²) in [5.41, 5.74) is 5.71. The van der Waals surface area contributed by atoms with Crippen LogP contribution in [0.3, 0.4) is 0 Å². The van der Waals surface area contributed by atoms with Crippen molar-refractivity contribution in [3.05, 3.63) is 23.5 Å². The van der Waals surface area contributed by atoms with Gasteiger partial charge in [0.25, 0.3) is 0 Å². The van der Waals surface area contributed by atoms with Crippen molar-refractivity contribution in [3.63, 3.8) is 0 Å². The van der Waals surface area contributed by atoms with Gasteiger partial charge in [0.1, 0.15) is 5.82 Å². The second-order valence-electron chi connectivity index (χ2n) is 3.76. The second kappa shape index (κ2) is 7.55. The van der Waals surface area contributed by atoms with Crippen molar-refractivity contribution in [2.24, 2.45) is 0 Å². The number of hydrogen-bond acceptors (Lipinski definition) is 5. The van der Waals surface area contributed by atoms with Crippen LogP contribution in [0.5, 0.6) is 0 Å². The molecule has 0 atom stereocenters. The molecule has 0 spiro atoms. The van der Waals surface area contributed by atoms with E-state index in [9.17, 15) is 9.18 Å². The first-order valence-electron chi connectivity index (χ1n) is 5.69. The molecule has 1 rings (SSSR count). The summed E-state index contributed by atoms with van der Waals surface area (Å²) >= 11 is 0. The van der Waals surface area contributed by atoms with Crippen LogP contribution in [0.4, 0.5) is 15.8 Å². The van der Waals surface area contributed by atoms with Gasteiger partial charge in [0, 0.05) is 13.7 Å². The number of methoxy groups -OCH3 is 1. The van der Waals surface area contributed by atoms with Crippen LogP contribution in [0.1, 0.15) is 10.4 Å². The Bertz CT molecular complexity index is 440. The molecule has 0 aliphatic rings. The first-order chi connectivity index (χ1) is 9.06. The summed E-state index contributed by atoms with van der Waals surface area (Å²) in [6.07, 6.45) is 0. The molecule has 0 amide bonds. The van der Waals surface area contributed by atoms with Gasteiger partial charge < -0.3 is 25.6 Å². The quantitative estimate of drug-likeness (QED) is 0.486. The Labute approximate surface area is 110 Å². The Morgan fingerprint density at radius 3 is 2.79 bits per heavy atom. The third-order valence-electron chi connectivity index (χ3n) is 2.36. The number of hydrogen-bond donors (Lipinski definition) is 3. The number of benzene rings is 1. The Morgan fingerprint density at radius 2 is 2.16 bits per heavy atom. The minimum atomic E-state index is -1.35. The molecule has 0 aliphatic carbocycles. The molecule has 1 aromatic rings. The van der Waals surface area contributed by atoms with E-state index in [-0.39, 0.29) is 5.69 Å². The van der Waals surface area contributed by atoms with Gasteiger partial charge in [0.15, 0.2) is 0 Å². The molecule has 0 aromatic heterocycles. The Balaban J connectivity index is 2.50. The molecule has 0 heterocycles. The molecule has 19 heavy (non-hydrogen) atoms. The van der Waals surface area contributed by atoms with Crippen molar-refractivity contribution in [1.29, 1.82) is 0 Å². The number of nitrogens with one attached hydrogen (secondary N) is 1. The monoisotopic (exact) mass is 272 g/mol. The Hall–Kier alpha value is -1.86. The van der Waals surface area contributed by atoms with E-state index in [0.717, 1.165) is 12.1 Å². The highest BCUT2D eigenvalue weighted by molar-refractivity contribution is 5.90. The lowest BCUT2D eigenvalue weighted by Crippen LogP contribution is -2.13. The van der Waals surface area contributed by atoms with Gasteiger partial charge in [-0.1, -0.05) is 0 Å². The summed E-state index contributed by atoms with van der Waals surface area (Å²) in [6.45, 7) is 1.81. The zero-order valence-corrected chi connectivity index (χ0v) is 10.6. The predicted octanol–water partition coefficient (Wildman–Crippen LogP) is 1.18. The SMILES string of the molecule is COCCOCCNc1cc(F)c(C(=O)O)cc1N. The van der Waals surface area contributed by atoms with Crippen LogP contribution in [0.2, 0.25) is 0 Å². The number of carboxylic acids is 1. The van der Waals surface area contributed by atoms with Crippen LogP contribution in [0.15, 0.2) is 12.1 Å². The molecular weight excluding hydrogens is 255 g/mol. The van der Waals surface area contributed by atoms with E-state index < -0.39 is 17.3 Å². The largest absolute Gasteiger partial charge is 0.478 e. The maximum absolute atomic E-state index is 13.4. The maximum atomic E-state index is 13.4. The van der Waals surface area contributed by atoms with Gasteiger partial charge in [-0.3, -0.25) is 0 Å². The number of halogens is 1. The van der Waals surface area contributed by atoms with Crippen molar-refractivity contribution in [2.75, 3.05) is 44.5 Å². The number of aromatic carboxylic acids is 1. The molecule has 0 bridgehead atoms. The van der Waals surface area contributed by atoms with E-state index in [1.165, 1.54) is 0 Å². The molecular formula is C12H17FN2O4. The van der Waals surface area contributed by atoms with Gasteiger partial charge in [-0.15, -0.1) is 0 Å².